The van der Waals surface area contributed by atoms with Crippen LogP contribution in [-0.4, -0.2) is 30.9 Å². The van der Waals surface area contributed by atoms with Gasteiger partial charge in [0.2, 0.25) is 0 Å². The molecule has 0 saturated heterocycles. The minimum atomic E-state index is 0.355. The third kappa shape index (κ3) is 3.18. The van der Waals surface area contributed by atoms with Crippen LogP contribution in [0.4, 0.5) is 5.69 Å². The zero-order valence-corrected chi connectivity index (χ0v) is 17.7. The maximum atomic E-state index is 4.97. The van der Waals surface area contributed by atoms with E-state index in [0.29, 0.717) is 5.92 Å². The van der Waals surface area contributed by atoms with Crippen molar-refractivity contribution >= 4 is 5.69 Å². The van der Waals surface area contributed by atoms with Crippen molar-refractivity contribution < 1.29 is 0 Å². The van der Waals surface area contributed by atoms with Crippen LogP contribution in [0.2, 0.25) is 0 Å². The van der Waals surface area contributed by atoms with E-state index >= 15 is 0 Å². The lowest BCUT2D eigenvalue weighted by atomic mass is 10.00. The van der Waals surface area contributed by atoms with E-state index in [-0.39, 0.29) is 0 Å². The summed E-state index contributed by atoms with van der Waals surface area (Å²) in [5, 5.41) is 4.31. The first-order chi connectivity index (χ1) is 14.6. The van der Waals surface area contributed by atoms with Crippen LogP contribution in [0.5, 0.6) is 0 Å². The third-order valence-corrected chi connectivity index (χ3v) is 5.82. The summed E-state index contributed by atoms with van der Waals surface area (Å²) < 4.78 is 4.24. The van der Waals surface area contributed by atoms with E-state index < -0.39 is 0 Å². The van der Waals surface area contributed by atoms with Gasteiger partial charge < -0.3 is 9.47 Å². The molecular weight excluding hydrogens is 372 g/mol. The molecule has 0 atom stereocenters. The highest BCUT2D eigenvalue weighted by molar-refractivity contribution is 5.67. The van der Waals surface area contributed by atoms with Crippen LogP contribution in [0.15, 0.2) is 61.1 Å². The molecule has 0 amide bonds. The molecule has 1 aliphatic heterocycles. The van der Waals surface area contributed by atoms with Crippen LogP contribution in [0.1, 0.15) is 37.0 Å². The second-order valence-electron chi connectivity index (χ2n) is 8.09. The van der Waals surface area contributed by atoms with Crippen LogP contribution in [0, 0.1) is 6.92 Å². The monoisotopic (exact) mass is 398 g/mol. The van der Waals surface area contributed by atoms with E-state index in [2.05, 4.69) is 70.7 Å². The van der Waals surface area contributed by atoms with Gasteiger partial charge in [-0.1, -0.05) is 13.8 Å². The molecule has 4 aromatic rings. The lowest BCUT2D eigenvalue weighted by molar-refractivity contribution is 0.560. The molecule has 0 bridgehead atoms. The first-order valence-electron chi connectivity index (χ1n) is 10.5. The summed E-state index contributed by atoms with van der Waals surface area (Å²) in [5.41, 5.74) is 6.89. The summed E-state index contributed by atoms with van der Waals surface area (Å²) in [7, 11) is 0. The topological polar surface area (TPSA) is 51.8 Å². The van der Waals surface area contributed by atoms with Crippen molar-refractivity contribution in [3.8, 4) is 16.9 Å². The Balaban J connectivity index is 1.49. The Bertz CT molecular complexity index is 1160. The van der Waals surface area contributed by atoms with Crippen LogP contribution in [0.3, 0.4) is 0 Å². The molecule has 0 aliphatic carbocycles. The Hall–Kier alpha value is -3.41. The van der Waals surface area contributed by atoms with Crippen molar-refractivity contribution in [2.45, 2.75) is 39.8 Å². The summed E-state index contributed by atoms with van der Waals surface area (Å²) in [6.45, 7) is 9.22. The van der Waals surface area contributed by atoms with Crippen LogP contribution < -0.4 is 4.90 Å². The Labute approximate surface area is 176 Å². The molecule has 0 spiro atoms. The van der Waals surface area contributed by atoms with E-state index in [1.54, 1.807) is 6.20 Å². The average molecular weight is 399 g/mol. The molecule has 0 saturated carbocycles. The SMILES string of the molecule is Cc1nc(-c2cccnc2C(C)C)c2n1CCN(c1ccc(-n3cccn3)cc1)C2. The van der Waals surface area contributed by atoms with Gasteiger partial charge in [-0.15, -0.1) is 0 Å². The molecule has 152 valence electrons. The number of pyridine rings is 1. The summed E-state index contributed by atoms with van der Waals surface area (Å²) >= 11 is 0. The lowest BCUT2D eigenvalue weighted by Crippen LogP contribution is -2.34. The zero-order chi connectivity index (χ0) is 20.7. The Morgan fingerprint density at radius 3 is 2.47 bits per heavy atom. The average Bonchev–Trinajstić information content (AvgIpc) is 3.42. The van der Waals surface area contributed by atoms with Crippen LogP contribution in [-0.2, 0) is 13.1 Å². The maximum absolute atomic E-state index is 4.97. The number of hydrogen-bond acceptors (Lipinski definition) is 4. The fourth-order valence-electron chi connectivity index (χ4n) is 4.30. The summed E-state index contributed by atoms with van der Waals surface area (Å²) in [5.74, 6) is 1.43. The highest BCUT2D eigenvalue weighted by Gasteiger charge is 2.25. The van der Waals surface area contributed by atoms with Crippen LogP contribution >= 0.6 is 0 Å². The fourth-order valence-corrected chi connectivity index (χ4v) is 4.30. The smallest absolute Gasteiger partial charge is 0.106 e. The van der Waals surface area contributed by atoms with Gasteiger partial charge in [-0.2, -0.15) is 5.10 Å². The molecule has 30 heavy (non-hydrogen) atoms. The Morgan fingerprint density at radius 2 is 1.73 bits per heavy atom. The number of hydrogen-bond donors (Lipinski definition) is 0. The van der Waals surface area contributed by atoms with Gasteiger partial charge in [0.25, 0.3) is 0 Å². The molecular formula is C24H26N6. The van der Waals surface area contributed by atoms with Gasteiger partial charge in [0, 0.05) is 42.9 Å². The standard InChI is InChI=1S/C24H26N6/c1-17(2)23-21(6-4-11-25-23)24-22-16-28(14-15-29(22)18(3)27-24)19-7-9-20(10-8-19)30-13-5-12-26-30/h4-13,17H,14-16H2,1-3H3. The molecule has 6 nitrogen and oxygen atoms in total. The molecule has 0 fully saturated rings. The number of rotatable bonds is 4. The highest BCUT2D eigenvalue weighted by Crippen LogP contribution is 2.33. The van der Waals surface area contributed by atoms with Gasteiger partial charge in [0.05, 0.1) is 29.3 Å². The van der Waals surface area contributed by atoms with Crippen molar-refractivity contribution in [2.24, 2.45) is 0 Å². The molecule has 3 aromatic heterocycles. The number of fused-ring (bicyclic) bond motifs is 1. The molecule has 6 heteroatoms. The normalized spacial score (nSPS) is 13.7. The Morgan fingerprint density at radius 1 is 0.933 bits per heavy atom. The number of benzene rings is 1. The van der Waals surface area contributed by atoms with Gasteiger partial charge in [-0.25, -0.2) is 9.67 Å². The minimum absolute atomic E-state index is 0.355. The quantitative estimate of drug-likeness (QED) is 0.505. The van der Waals surface area contributed by atoms with Gasteiger partial charge in [0.1, 0.15) is 5.82 Å². The van der Waals surface area contributed by atoms with E-state index in [1.165, 1.54) is 11.4 Å². The number of nitrogens with zero attached hydrogens (tertiary/aromatic N) is 6. The number of aryl methyl sites for hydroxylation is 1. The Kier molecular flexibility index (Phi) is 4.62. The molecule has 0 N–H and O–H groups in total. The first-order valence-corrected chi connectivity index (χ1v) is 10.5. The zero-order valence-electron chi connectivity index (χ0n) is 17.7. The summed E-state index contributed by atoms with van der Waals surface area (Å²) in [4.78, 5) is 12.0. The molecule has 1 aliphatic rings. The van der Waals surface area contributed by atoms with Crippen molar-refractivity contribution in [3.05, 3.63) is 78.3 Å². The summed E-state index contributed by atoms with van der Waals surface area (Å²) in [6.07, 6.45) is 5.64. The molecule has 0 unspecified atom stereocenters. The number of anilines is 1. The second-order valence-corrected chi connectivity index (χ2v) is 8.09. The molecule has 0 radical (unpaired) electrons. The maximum Gasteiger partial charge on any atom is 0.106 e. The lowest BCUT2D eigenvalue weighted by Gasteiger charge is -2.31. The minimum Gasteiger partial charge on any atom is -0.364 e. The van der Waals surface area contributed by atoms with Gasteiger partial charge in [0.15, 0.2) is 0 Å². The largest absolute Gasteiger partial charge is 0.364 e. The number of aromatic nitrogens is 5. The van der Waals surface area contributed by atoms with Gasteiger partial charge in [-0.05, 0) is 55.3 Å². The fraction of sp³-hybridized carbons (Fsp3) is 0.292. The van der Waals surface area contributed by atoms with Gasteiger partial charge >= 0.3 is 0 Å². The van der Waals surface area contributed by atoms with E-state index in [4.69, 9.17) is 4.98 Å². The summed E-state index contributed by atoms with van der Waals surface area (Å²) in [6, 6.07) is 14.7. The van der Waals surface area contributed by atoms with Crippen LogP contribution in [0.25, 0.3) is 16.9 Å². The van der Waals surface area contributed by atoms with E-state index in [0.717, 1.165) is 48.1 Å². The third-order valence-electron chi connectivity index (χ3n) is 5.82. The van der Waals surface area contributed by atoms with E-state index in [9.17, 15) is 0 Å². The number of imidazole rings is 1. The van der Waals surface area contributed by atoms with Crippen molar-refractivity contribution in [1.29, 1.82) is 0 Å². The molecule has 5 rings (SSSR count). The first kappa shape index (κ1) is 18.6. The van der Waals surface area contributed by atoms with Crippen molar-refractivity contribution in [2.75, 3.05) is 11.4 Å². The predicted octanol–water partition coefficient (Wildman–Crippen LogP) is 4.58. The molecule has 1 aromatic carbocycles. The highest BCUT2D eigenvalue weighted by atomic mass is 15.3. The second kappa shape index (κ2) is 7.44. The van der Waals surface area contributed by atoms with Gasteiger partial charge in [-0.3, -0.25) is 4.98 Å². The van der Waals surface area contributed by atoms with Crippen molar-refractivity contribution in [3.63, 3.8) is 0 Å². The van der Waals surface area contributed by atoms with Crippen molar-refractivity contribution in [1.82, 2.24) is 24.3 Å². The molecule has 4 heterocycles. The predicted molar refractivity (Wildman–Crippen MR) is 119 cm³/mol. The van der Waals surface area contributed by atoms with E-state index in [1.807, 2.05) is 29.2 Å².